The van der Waals surface area contributed by atoms with Crippen molar-refractivity contribution >= 4 is 17.8 Å². The van der Waals surface area contributed by atoms with Gasteiger partial charge in [0.15, 0.2) is 0 Å². The zero-order valence-electron chi connectivity index (χ0n) is 13.6. The molecule has 1 aromatic rings. The lowest BCUT2D eigenvalue weighted by atomic mass is 10.0. The minimum Gasteiger partial charge on any atom is -0.395 e. The van der Waals surface area contributed by atoms with Crippen LogP contribution < -0.4 is 5.32 Å². The van der Waals surface area contributed by atoms with Gasteiger partial charge in [0, 0.05) is 23.7 Å². The van der Waals surface area contributed by atoms with Gasteiger partial charge in [-0.1, -0.05) is 31.9 Å². The molecule has 0 bridgehead atoms. The van der Waals surface area contributed by atoms with Crippen LogP contribution in [0.15, 0.2) is 23.1 Å². The van der Waals surface area contributed by atoms with E-state index in [1.165, 1.54) is 17.8 Å². The number of carbonyl (C=O) groups is 1. The number of carbonyl (C=O) groups excluding carboxylic acids is 1. The number of nitrogens with zero attached hydrogens (tertiary/aromatic N) is 1. The second-order valence-electron chi connectivity index (χ2n) is 5.72. The average molecular weight is 340 g/mol. The lowest BCUT2D eigenvalue weighted by molar-refractivity contribution is 0.172. The summed E-state index contributed by atoms with van der Waals surface area (Å²) < 4.78 is 13.9. The summed E-state index contributed by atoms with van der Waals surface area (Å²) in [6, 6.07) is 4.68. The van der Waals surface area contributed by atoms with E-state index in [2.05, 4.69) is 12.2 Å². The molecule has 128 valence electrons. The van der Waals surface area contributed by atoms with Gasteiger partial charge in [0.1, 0.15) is 5.82 Å². The molecule has 1 atom stereocenters. The lowest BCUT2D eigenvalue weighted by Gasteiger charge is -2.29. The standard InChI is InChI=1S/C17H25FN2O2S/c1-2-3-4-9-20(10-11-21)17(22)19-15-8-12-23-16-13(15)6-5-7-14(16)18/h5-7,15,21H,2-4,8-12H2,1H3,(H,19,22). The van der Waals surface area contributed by atoms with Gasteiger partial charge in [-0.25, -0.2) is 9.18 Å². The van der Waals surface area contributed by atoms with E-state index < -0.39 is 0 Å². The predicted octanol–water partition coefficient (Wildman–Crippen LogP) is 3.56. The summed E-state index contributed by atoms with van der Waals surface area (Å²) in [5.74, 6) is 0.566. The summed E-state index contributed by atoms with van der Waals surface area (Å²) in [6.07, 6.45) is 3.86. The Morgan fingerprint density at radius 2 is 2.26 bits per heavy atom. The molecular weight excluding hydrogens is 315 g/mol. The Morgan fingerprint density at radius 1 is 1.43 bits per heavy atom. The highest BCUT2D eigenvalue weighted by Gasteiger charge is 2.25. The number of benzene rings is 1. The van der Waals surface area contributed by atoms with Crippen LogP contribution in [0.3, 0.4) is 0 Å². The van der Waals surface area contributed by atoms with Gasteiger partial charge in [0.2, 0.25) is 0 Å². The summed E-state index contributed by atoms with van der Waals surface area (Å²) in [7, 11) is 0. The number of unbranched alkanes of at least 4 members (excludes halogenated alkanes) is 2. The molecule has 1 unspecified atom stereocenters. The van der Waals surface area contributed by atoms with Gasteiger partial charge < -0.3 is 15.3 Å². The Labute approximate surface area is 141 Å². The summed E-state index contributed by atoms with van der Waals surface area (Å²) in [6.45, 7) is 3.03. The molecule has 1 heterocycles. The Bertz CT molecular complexity index is 527. The number of halogens is 1. The summed E-state index contributed by atoms with van der Waals surface area (Å²) in [5.41, 5.74) is 0.854. The van der Waals surface area contributed by atoms with Gasteiger partial charge in [-0.05, 0) is 24.5 Å². The first-order chi connectivity index (χ1) is 11.2. The molecular formula is C17H25FN2O2S. The van der Waals surface area contributed by atoms with E-state index in [4.69, 9.17) is 5.11 Å². The third-order valence-corrected chi connectivity index (χ3v) is 5.17. The van der Waals surface area contributed by atoms with Crippen LogP contribution in [0.1, 0.15) is 44.2 Å². The van der Waals surface area contributed by atoms with Crippen LogP contribution in [0.4, 0.5) is 9.18 Å². The zero-order chi connectivity index (χ0) is 16.7. The number of hydrogen-bond donors (Lipinski definition) is 2. The van der Waals surface area contributed by atoms with E-state index in [0.717, 1.165) is 37.0 Å². The topological polar surface area (TPSA) is 52.6 Å². The molecule has 0 saturated carbocycles. The molecule has 2 N–H and O–H groups in total. The zero-order valence-corrected chi connectivity index (χ0v) is 14.4. The third-order valence-electron chi connectivity index (χ3n) is 4.01. The number of hydrogen-bond acceptors (Lipinski definition) is 3. The fourth-order valence-electron chi connectivity index (χ4n) is 2.77. The molecule has 0 radical (unpaired) electrons. The van der Waals surface area contributed by atoms with Gasteiger partial charge >= 0.3 is 6.03 Å². The van der Waals surface area contributed by atoms with E-state index in [9.17, 15) is 9.18 Å². The van der Waals surface area contributed by atoms with Crippen molar-refractivity contribution < 1.29 is 14.3 Å². The molecule has 4 nitrogen and oxygen atoms in total. The molecule has 1 aliphatic heterocycles. The number of aliphatic hydroxyl groups excluding tert-OH is 1. The SMILES string of the molecule is CCCCCN(CCO)C(=O)NC1CCSc2c(F)cccc21. The minimum absolute atomic E-state index is 0.0503. The first-order valence-electron chi connectivity index (χ1n) is 8.24. The van der Waals surface area contributed by atoms with Gasteiger partial charge in [0.05, 0.1) is 12.6 Å². The lowest BCUT2D eigenvalue weighted by Crippen LogP contribution is -2.44. The van der Waals surface area contributed by atoms with Crippen LogP contribution >= 0.6 is 11.8 Å². The normalized spacial score (nSPS) is 16.7. The maximum absolute atomic E-state index is 13.9. The van der Waals surface area contributed by atoms with Crippen LogP contribution in [0.2, 0.25) is 0 Å². The van der Waals surface area contributed by atoms with Crippen molar-refractivity contribution in [2.24, 2.45) is 0 Å². The number of amides is 2. The van der Waals surface area contributed by atoms with Crippen LogP contribution in [0.5, 0.6) is 0 Å². The monoisotopic (exact) mass is 340 g/mol. The second kappa shape index (κ2) is 9.13. The summed E-state index contributed by atoms with van der Waals surface area (Å²) in [4.78, 5) is 14.8. The van der Waals surface area contributed by atoms with Gasteiger partial charge in [-0.3, -0.25) is 0 Å². The van der Waals surface area contributed by atoms with Crippen molar-refractivity contribution in [2.45, 2.75) is 43.5 Å². The number of rotatable bonds is 7. The van der Waals surface area contributed by atoms with Gasteiger partial charge in [0.25, 0.3) is 0 Å². The van der Waals surface area contributed by atoms with Crippen molar-refractivity contribution in [3.8, 4) is 0 Å². The number of thioether (sulfide) groups is 1. The Morgan fingerprint density at radius 3 is 3.00 bits per heavy atom. The predicted molar refractivity (Wildman–Crippen MR) is 91.2 cm³/mol. The number of urea groups is 1. The smallest absolute Gasteiger partial charge is 0.317 e. The van der Waals surface area contributed by atoms with E-state index in [1.54, 1.807) is 11.0 Å². The van der Waals surface area contributed by atoms with Crippen LogP contribution in [0.25, 0.3) is 0 Å². The highest BCUT2D eigenvalue weighted by Crippen LogP contribution is 2.37. The Hall–Kier alpha value is -1.27. The van der Waals surface area contributed by atoms with Crippen LogP contribution in [0, 0.1) is 5.82 Å². The quantitative estimate of drug-likeness (QED) is 0.746. The molecule has 23 heavy (non-hydrogen) atoms. The van der Waals surface area contributed by atoms with Crippen molar-refractivity contribution in [1.82, 2.24) is 10.2 Å². The van der Waals surface area contributed by atoms with E-state index in [-0.39, 0.29) is 24.5 Å². The first kappa shape index (κ1) is 18.1. The van der Waals surface area contributed by atoms with Gasteiger partial charge in [-0.15, -0.1) is 11.8 Å². The van der Waals surface area contributed by atoms with Crippen molar-refractivity contribution in [2.75, 3.05) is 25.4 Å². The van der Waals surface area contributed by atoms with E-state index in [1.807, 2.05) is 6.07 Å². The van der Waals surface area contributed by atoms with Crippen molar-refractivity contribution in [3.63, 3.8) is 0 Å². The maximum Gasteiger partial charge on any atom is 0.317 e. The maximum atomic E-state index is 13.9. The van der Waals surface area contributed by atoms with Crippen molar-refractivity contribution in [3.05, 3.63) is 29.6 Å². The third kappa shape index (κ3) is 4.85. The molecule has 1 aromatic carbocycles. The fourth-order valence-corrected chi connectivity index (χ4v) is 3.91. The van der Waals surface area contributed by atoms with E-state index >= 15 is 0 Å². The van der Waals surface area contributed by atoms with Crippen molar-refractivity contribution in [1.29, 1.82) is 0 Å². The Balaban J connectivity index is 2.03. The molecule has 6 heteroatoms. The fraction of sp³-hybridized carbons (Fsp3) is 0.588. The summed E-state index contributed by atoms with van der Waals surface area (Å²) in [5, 5.41) is 12.2. The molecule has 2 rings (SSSR count). The number of aliphatic hydroxyl groups is 1. The molecule has 0 spiro atoms. The number of nitrogens with one attached hydrogen (secondary N) is 1. The summed E-state index contributed by atoms with van der Waals surface area (Å²) >= 11 is 1.50. The molecule has 2 amide bonds. The highest BCUT2D eigenvalue weighted by atomic mass is 32.2. The first-order valence-corrected chi connectivity index (χ1v) is 9.23. The molecule has 0 saturated heterocycles. The molecule has 0 aliphatic carbocycles. The van der Waals surface area contributed by atoms with Crippen LogP contribution in [-0.4, -0.2) is 41.5 Å². The number of fused-ring (bicyclic) bond motifs is 1. The van der Waals surface area contributed by atoms with Gasteiger partial charge in [-0.2, -0.15) is 0 Å². The average Bonchev–Trinajstić information content (AvgIpc) is 2.55. The van der Waals surface area contributed by atoms with Crippen LogP contribution in [-0.2, 0) is 0 Å². The largest absolute Gasteiger partial charge is 0.395 e. The molecule has 0 aromatic heterocycles. The second-order valence-corrected chi connectivity index (χ2v) is 6.82. The van der Waals surface area contributed by atoms with E-state index in [0.29, 0.717) is 18.0 Å². The molecule has 1 aliphatic rings. The molecule has 0 fully saturated rings. The minimum atomic E-state index is -0.221. The highest BCUT2D eigenvalue weighted by molar-refractivity contribution is 7.99. The Kier molecular flexibility index (Phi) is 7.17.